The van der Waals surface area contributed by atoms with Crippen LogP contribution in [0.5, 0.6) is 0 Å². The van der Waals surface area contributed by atoms with Crippen LogP contribution in [0.25, 0.3) is 0 Å². The maximum absolute atomic E-state index is 13.5. The predicted octanol–water partition coefficient (Wildman–Crippen LogP) is 3.23. The largest absolute Gasteiger partial charge is 0.375 e. The normalized spacial score (nSPS) is 10.2. The molecule has 0 aliphatic carbocycles. The molecule has 0 fully saturated rings. The number of hydrogen-bond acceptors (Lipinski definition) is 3. The lowest BCUT2D eigenvalue weighted by Gasteiger charge is -2.15. The molecule has 0 spiro atoms. The number of anilines is 2. The molecule has 24 heavy (non-hydrogen) atoms. The van der Waals surface area contributed by atoms with Gasteiger partial charge in [0.25, 0.3) is 5.91 Å². The molecular formula is C17H17ClFN3O2. The third-order valence-corrected chi connectivity index (χ3v) is 3.44. The van der Waals surface area contributed by atoms with Crippen LogP contribution in [-0.4, -0.2) is 37.4 Å². The van der Waals surface area contributed by atoms with Crippen LogP contribution in [0.4, 0.5) is 15.8 Å². The first-order valence-corrected chi connectivity index (χ1v) is 7.55. The molecule has 0 saturated heterocycles. The van der Waals surface area contributed by atoms with Gasteiger partial charge in [0, 0.05) is 24.8 Å². The van der Waals surface area contributed by atoms with Crippen molar-refractivity contribution in [2.75, 3.05) is 31.3 Å². The van der Waals surface area contributed by atoms with Crippen molar-refractivity contribution in [3.05, 3.63) is 58.9 Å². The minimum absolute atomic E-state index is 0.0972. The molecule has 0 saturated carbocycles. The average molecular weight is 350 g/mol. The summed E-state index contributed by atoms with van der Waals surface area (Å²) in [4.78, 5) is 25.5. The summed E-state index contributed by atoms with van der Waals surface area (Å²) in [5.74, 6) is -1.18. The second kappa shape index (κ2) is 7.79. The minimum atomic E-state index is -0.517. The van der Waals surface area contributed by atoms with Crippen LogP contribution in [0.1, 0.15) is 10.4 Å². The number of nitrogens with one attached hydrogen (secondary N) is 2. The first-order valence-electron chi connectivity index (χ1n) is 7.18. The molecule has 0 aliphatic rings. The number of nitrogens with zero attached hydrogens (tertiary/aromatic N) is 1. The molecule has 2 amide bonds. The SMILES string of the molecule is CN(C)C(=O)c1ccc(Cl)cc1NCC(=O)Nc1ccccc1F. The van der Waals surface area contributed by atoms with E-state index < -0.39 is 11.7 Å². The number of hydrogen-bond donors (Lipinski definition) is 2. The van der Waals surface area contributed by atoms with E-state index in [1.165, 1.54) is 23.1 Å². The lowest BCUT2D eigenvalue weighted by molar-refractivity contribution is -0.114. The fourth-order valence-corrected chi connectivity index (χ4v) is 2.19. The Hall–Kier alpha value is -2.60. The molecule has 0 atom stereocenters. The molecular weight excluding hydrogens is 333 g/mol. The highest BCUT2D eigenvalue weighted by molar-refractivity contribution is 6.31. The first kappa shape index (κ1) is 17.7. The van der Waals surface area contributed by atoms with Crippen LogP contribution in [0.15, 0.2) is 42.5 Å². The molecule has 2 aromatic carbocycles. The van der Waals surface area contributed by atoms with E-state index in [1.807, 2.05) is 0 Å². The fourth-order valence-electron chi connectivity index (χ4n) is 2.02. The molecule has 7 heteroatoms. The van der Waals surface area contributed by atoms with Gasteiger partial charge in [-0.15, -0.1) is 0 Å². The molecule has 2 aromatic rings. The van der Waals surface area contributed by atoms with Crippen LogP contribution in [-0.2, 0) is 4.79 Å². The van der Waals surface area contributed by atoms with Crippen molar-refractivity contribution >= 4 is 34.8 Å². The number of benzene rings is 2. The van der Waals surface area contributed by atoms with Gasteiger partial charge in [-0.2, -0.15) is 0 Å². The van der Waals surface area contributed by atoms with E-state index in [2.05, 4.69) is 10.6 Å². The van der Waals surface area contributed by atoms with Crippen LogP contribution in [0.2, 0.25) is 5.02 Å². The summed E-state index contributed by atoms with van der Waals surface area (Å²) < 4.78 is 13.5. The van der Waals surface area contributed by atoms with Crippen LogP contribution in [0, 0.1) is 5.82 Å². The lowest BCUT2D eigenvalue weighted by Crippen LogP contribution is -2.26. The fraction of sp³-hybridized carbons (Fsp3) is 0.176. The van der Waals surface area contributed by atoms with Crippen LogP contribution >= 0.6 is 11.6 Å². The summed E-state index contributed by atoms with van der Waals surface area (Å²) in [7, 11) is 3.26. The summed E-state index contributed by atoms with van der Waals surface area (Å²) in [6.45, 7) is -0.137. The first-order chi connectivity index (χ1) is 11.4. The standard InChI is InChI=1S/C17H17ClFN3O2/c1-22(2)17(24)12-8-7-11(18)9-15(12)20-10-16(23)21-14-6-4-3-5-13(14)19/h3-9,20H,10H2,1-2H3,(H,21,23). The van der Waals surface area contributed by atoms with Gasteiger partial charge >= 0.3 is 0 Å². The number of carbonyl (C=O) groups is 2. The Morgan fingerprint density at radius 1 is 1.12 bits per heavy atom. The predicted molar refractivity (Wildman–Crippen MR) is 93.0 cm³/mol. The van der Waals surface area contributed by atoms with Crippen molar-refractivity contribution in [2.45, 2.75) is 0 Å². The Labute approximate surface area is 144 Å². The van der Waals surface area contributed by atoms with E-state index in [4.69, 9.17) is 11.6 Å². The number of carbonyl (C=O) groups excluding carboxylic acids is 2. The van der Waals surface area contributed by atoms with Crippen molar-refractivity contribution in [2.24, 2.45) is 0 Å². The van der Waals surface area contributed by atoms with E-state index >= 15 is 0 Å². The highest BCUT2D eigenvalue weighted by Crippen LogP contribution is 2.22. The Balaban J connectivity index is 2.08. The van der Waals surface area contributed by atoms with Gasteiger partial charge in [-0.1, -0.05) is 23.7 Å². The van der Waals surface area contributed by atoms with Gasteiger partial charge in [-0.3, -0.25) is 9.59 Å². The van der Waals surface area contributed by atoms with Crippen molar-refractivity contribution in [1.82, 2.24) is 4.90 Å². The molecule has 126 valence electrons. The van der Waals surface area contributed by atoms with Gasteiger partial charge in [-0.05, 0) is 30.3 Å². The second-order valence-electron chi connectivity index (χ2n) is 5.27. The van der Waals surface area contributed by atoms with Crippen molar-refractivity contribution < 1.29 is 14.0 Å². The molecule has 0 radical (unpaired) electrons. The number of halogens is 2. The molecule has 0 aromatic heterocycles. The number of rotatable bonds is 5. The van der Waals surface area contributed by atoms with E-state index in [9.17, 15) is 14.0 Å². The van der Waals surface area contributed by atoms with E-state index in [1.54, 1.807) is 38.4 Å². The van der Waals surface area contributed by atoms with Crippen molar-refractivity contribution in [3.63, 3.8) is 0 Å². The van der Waals surface area contributed by atoms with Gasteiger partial charge in [0.1, 0.15) is 5.82 Å². The highest BCUT2D eigenvalue weighted by Gasteiger charge is 2.15. The summed E-state index contributed by atoms with van der Waals surface area (Å²) in [6, 6.07) is 10.6. The summed E-state index contributed by atoms with van der Waals surface area (Å²) in [5.41, 5.74) is 0.924. The molecule has 0 heterocycles. The highest BCUT2D eigenvalue weighted by atomic mass is 35.5. The molecule has 0 bridgehead atoms. The minimum Gasteiger partial charge on any atom is -0.375 e. The van der Waals surface area contributed by atoms with Gasteiger partial charge in [-0.25, -0.2) is 4.39 Å². The number of amides is 2. The van der Waals surface area contributed by atoms with E-state index in [0.29, 0.717) is 16.3 Å². The topological polar surface area (TPSA) is 61.4 Å². The third-order valence-electron chi connectivity index (χ3n) is 3.21. The van der Waals surface area contributed by atoms with Crippen LogP contribution in [0.3, 0.4) is 0 Å². The molecule has 2 rings (SSSR count). The van der Waals surface area contributed by atoms with Gasteiger partial charge < -0.3 is 15.5 Å². The van der Waals surface area contributed by atoms with Gasteiger partial charge in [0.15, 0.2) is 0 Å². The molecule has 0 aliphatic heterocycles. The van der Waals surface area contributed by atoms with Crippen molar-refractivity contribution in [3.8, 4) is 0 Å². The monoisotopic (exact) mass is 349 g/mol. The average Bonchev–Trinajstić information content (AvgIpc) is 2.54. The Morgan fingerprint density at radius 3 is 2.50 bits per heavy atom. The Morgan fingerprint density at radius 2 is 1.83 bits per heavy atom. The summed E-state index contributed by atoms with van der Waals surface area (Å²) in [6.07, 6.45) is 0. The second-order valence-corrected chi connectivity index (χ2v) is 5.71. The van der Waals surface area contributed by atoms with Gasteiger partial charge in [0.2, 0.25) is 5.91 Å². The zero-order chi connectivity index (χ0) is 17.7. The zero-order valence-corrected chi connectivity index (χ0v) is 14.0. The quantitative estimate of drug-likeness (QED) is 0.871. The summed E-state index contributed by atoms with van der Waals surface area (Å²) in [5, 5.41) is 5.76. The van der Waals surface area contributed by atoms with Gasteiger partial charge in [0.05, 0.1) is 17.8 Å². The third kappa shape index (κ3) is 4.45. The maximum Gasteiger partial charge on any atom is 0.255 e. The number of para-hydroxylation sites is 1. The Kier molecular flexibility index (Phi) is 5.76. The van der Waals surface area contributed by atoms with E-state index in [0.717, 1.165) is 0 Å². The maximum atomic E-state index is 13.5. The van der Waals surface area contributed by atoms with E-state index in [-0.39, 0.29) is 18.1 Å². The lowest BCUT2D eigenvalue weighted by atomic mass is 10.1. The zero-order valence-electron chi connectivity index (χ0n) is 13.3. The smallest absolute Gasteiger partial charge is 0.255 e. The molecule has 2 N–H and O–H groups in total. The van der Waals surface area contributed by atoms with Crippen molar-refractivity contribution in [1.29, 1.82) is 0 Å². The Bertz CT molecular complexity index is 765. The van der Waals surface area contributed by atoms with Crippen LogP contribution < -0.4 is 10.6 Å². The molecule has 5 nitrogen and oxygen atoms in total. The molecule has 0 unspecified atom stereocenters. The summed E-state index contributed by atoms with van der Waals surface area (Å²) >= 11 is 5.95.